The monoisotopic (exact) mass is 183 g/mol. The molecule has 0 saturated carbocycles. The van der Waals surface area contributed by atoms with Crippen LogP contribution in [0.5, 0.6) is 0 Å². The zero-order valence-corrected chi connectivity index (χ0v) is 5.90. The van der Waals surface area contributed by atoms with Gasteiger partial charge in [-0.15, -0.1) is 0 Å². The Labute approximate surface area is 53.9 Å². The molecule has 4 heavy (non-hydrogen) atoms. The van der Waals surface area contributed by atoms with Crippen molar-refractivity contribution >= 4 is 7.72 Å². The Kier molecular flexibility index (Phi) is 175. The van der Waals surface area contributed by atoms with Crippen molar-refractivity contribution in [2.75, 3.05) is 0 Å². The molecular formula is H3BLaNO. The molecule has 2 nitrogen and oxygen atoms in total. The first-order chi connectivity index (χ1) is 1.00. The van der Waals surface area contributed by atoms with Gasteiger partial charge in [0.05, 0.1) is 0 Å². The third-order valence-electron chi connectivity index (χ3n) is 0. The molecule has 0 aromatic heterocycles. The minimum atomic E-state index is 0. The van der Waals surface area contributed by atoms with Gasteiger partial charge in [0.2, 0.25) is 0 Å². The average molecular weight is 183 g/mol. The topological polar surface area (TPSA) is 52.1 Å². The van der Waals surface area contributed by atoms with Crippen LogP contribution >= 0.6 is 0 Å². The maximum atomic E-state index is 7.75. The van der Waals surface area contributed by atoms with E-state index in [-0.39, 0.29) is 41.7 Å². The van der Waals surface area contributed by atoms with E-state index in [1.54, 1.807) is 0 Å². The Balaban J connectivity index is -0.00000000500. The SMILES string of the molecule is N.[B]=O.[La]. The largest absolute Gasteiger partial charge is 0 e. The van der Waals surface area contributed by atoms with Crippen molar-refractivity contribution in [3.63, 3.8) is 0 Å². The van der Waals surface area contributed by atoms with E-state index in [1.165, 1.54) is 0 Å². The summed E-state index contributed by atoms with van der Waals surface area (Å²) < 4.78 is 7.75. The van der Waals surface area contributed by atoms with Crippen LogP contribution in [0.4, 0.5) is 0 Å². The maximum Gasteiger partial charge on any atom is 0 e. The van der Waals surface area contributed by atoms with Gasteiger partial charge < -0.3 is 6.15 Å². The van der Waals surface area contributed by atoms with Gasteiger partial charge in [0.25, 0.3) is 0 Å². The van der Waals surface area contributed by atoms with Crippen molar-refractivity contribution < 1.29 is 40.3 Å². The van der Waals surface area contributed by atoms with Crippen LogP contribution in [0.15, 0.2) is 0 Å². The van der Waals surface area contributed by atoms with Gasteiger partial charge in [0.15, 0.2) is 0 Å². The van der Waals surface area contributed by atoms with E-state index in [0.29, 0.717) is 0 Å². The molecule has 0 fully saturated rings. The Morgan fingerprint density at radius 3 is 1.25 bits per heavy atom. The summed E-state index contributed by atoms with van der Waals surface area (Å²) in [5.74, 6) is 0. The van der Waals surface area contributed by atoms with Crippen molar-refractivity contribution in [2.45, 2.75) is 0 Å². The molecule has 0 amide bonds. The van der Waals surface area contributed by atoms with Gasteiger partial charge >= 0.3 is 12.4 Å². The summed E-state index contributed by atoms with van der Waals surface area (Å²) >= 11 is 0. The van der Waals surface area contributed by atoms with Crippen LogP contribution in [0.2, 0.25) is 0 Å². The predicted octanol–water partition coefficient (Wildman–Crippen LogP) is -0.338. The summed E-state index contributed by atoms with van der Waals surface area (Å²) in [6, 6.07) is 0. The molecule has 0 spiro atoms. The summed E-state index contributed by atoms with van der Waals surface area (Å²) in [6.45, 7) is 0. The Bertz CT molecular complexity index is 8.00. The standard InChI is InChI=1S/BO.La.H3N/c1-2;;/h;;1H3. The minimum absolute atomic E-state index is 0. The van der Waals surface area contributed by atoms with Gasteiger partial charge in [0.1, 0.15) is 0 Å². The fourth-order valence-electron chi connectivity index (χ4n) is 0. The summed E-state index contributed by atoms with van der Waals surface area (Å²) in [5.41, 5.74) is 0. The van der Waals surface area contributed by atoms with Crippen LogP contribution < -0.4 is 6.15 Å². The van der Waals surface area contributed by atoms with E-state index in [9.17, 15) is 0 Å². The zero-order valence-electron chi connectivity index (χ0n) is 2.27. The molecule has 3 N–H and O–H groups in total. The Morgan fingerprint density at radius 1 is 1.25 bits per heavy atom. The molecule has 0 rings (SSSR count). The molecule has 0 aliphatic rings. The first-order valence-corrected chi connectivity index (χ1v) is 0.236. The summed E-state index contributed by atoms with van der Waals surface area (Å²) in [7, 11) is 3.25. The van der Waals surface area contributed by atoms with E-state index in [2.05, 4.69) is 7.72 Å². The Hall–Kier alpha value is 1.02. The van der Waals surface area contributed by atoms with Gasteiger partial charge in [-0.3, -0.25) is 0 Å². The third-order valence-corrected chi connectivity index (χ3v) is 0. The number of hydrogen-bond donors (Lipinski definition) is 1. The molecular weight excluding hydrogens is 180 g/mol. The van der Waals surface area contributed by atoms with E-state index < -0.39 is 0 Å². The van der Waals surface area contributed by atoms with Gasteiger partial charge in [0, 0.05) is 35.6 Å². The van der Waals surface area contributed by atoms with Crippen molar-refractivity contribution in [1.82, 2.24) is 6.15 Å². The molecule has 0 aromatic carbocycles. The van der Waals surface area contributed by atoms with Gasteiger partial charge in [-0.2, -0.15) is 0 Å². The molecule has 20 valence electrons. The van der Waals surface area contributed by atoms with Gasteiger partial charge in [-0.1, -0.05) is 0 Å². The van der Waals surface area contributed by atoms with Crippen LogP contribution in [0, 0.1) is 35.6 Å². The first-order valence-electron chi connectivity index (χ1n) is 0.236. The van der Waals surface area contributed by atoms with E-state index in [4.69, 9.17) is 4.70 Å². The summed E-state index contributed by atoms with van der Waals surface area (Å²) in [5, 5.41) is 0. The van der Waals surface area contributed by atoms with Gasteiger partial charge in [-0.25, -0.2) is 0 Å². The smallest absolute Gasteiger partial charge is 0 e. The summed E-state index contributed by atoms with van der Waals surface area (Å²) in [6.07, 6.45) is 0. The molecule has 0 unspecified atom stereocenters. The third kappa shape index (κ3) is 11.8. The molecule has 0 aromatic rings. The fourth-order valence-corrected chi connectivity index (χ4v) is 0. The molecule has 2 radical (unpaired) electrons. The van der Waals surface area contributed by atoms with Crippen LogP contribution in [-0.2, 0) is 4.70 Å². The van der Waals surface area contributed by atoms with Crippen LogP contribution in [0.25, 0.3) is 0 Å². The van der Waals surface area contributed by atoms with E-state index in [1.807, 2.05) is 0 Å². The van der Waals surface area contributed by atoms with E-state index in [0.717, 1.165) is 0 Å². The summed E-state index contributed by atoms with van der Waals surface area (Å²) in [4.78, 5) is 0. The fraction of sp³-hybridized carbons (Fsp3) is 0. The molecule has 0 saturated heterocycles. The number of hydrogen-bond acceptors (Lipinski definition) is 2. The second-order valence-electron chi connectivity index (χ2n) is 0. The zero-order chi connectivity index (χ0) is 2.00. The number of rotatable bonds is 0. The maximum absolute atomic E-state index is 7.75. The molecule has 0 atom stereocenters. The predicted molar refractivity (Wildman–Crippen MR) is 11.5 cm³/mol. The molecule has 0 bridgehead atoms. The molecule has 0 aliphatic heterocycles. The minimum Gasteiger partial charge on any atom is 0 e. The van der Waals surface area contributed by atoms with Crippen molar-refractivity contribution in [1.29, 1.82) is 0 Å². The van der Waals surface area contributed by atoms with Crippen LogP contribution in [-0.4, -0.2) is 7.72 Å². The van der Waals surface area contributed by atoms with Crippen LogP contribution in [0.1, 0.15) is 0 Å². The Morgan fingerprint density at radius 2 is 1.25 bits per heavy atom. The van der Waals surface area contributed by atoms with Crippen molar-refractivity contribution in [3.8, 4) is 0 Å². The van der Waals surface area contributed by atoms with Crippen molar-refractivity contribution in [2.24, 2.45) is 0 Å². The second-order valence-corrected chi connectivity index (χ2v) is 0. The van der Waals surface area contributed by atoms with Crippen molar-refractivity contribution in [3.05, 3.63) is 0 Å². The quantitative estimate of drug-likeness (QED) is 0.522. The average Bonchev–Trinajstić information content (AvgIpc) is 1.00. The first kappa shape index (κ1) is 19.9. The van der Waals surface area contributed by atoms with E-state index >= 15 is 0 Å². The van der Waals surface area contributed by atoms with Crippen LogP contribution in [0.3, 0.4) is 0 Å². The van der Waals surface area contributed by atoms with Gasteiger partial charge in [-0.05, 0) is 0 Å². The molecule has 0 heterocycles. The molecule has 0 aliphatic carbocycles. The normalized spacial score (nSPS) is 0.750. The second kappa shape index (κ2) is 35.2. The molecule has 4 heteroatoms.